The molecule has 1 N–H and O–H groups in total. The maximum atomic E-state index is 14.9. The highest BCUT2D eigenvalue weighted by atomic mass is 35.5. The van der Waals surface area contributed by atoms with Crippen LogP contribution in [0.5, 0.6) is 11.6 Å². The van der Waals surface area contributed by atoms with Crippen LogP contribution in [0.2, 0.25) is 5.02 Å². The van der Waals surface area contributed by atoms with Crippen LogP contribution in [0.25, 0.3) is 0 Å². The topological polar surface area (TPSA) is 151 Å². The van der Waals surface area contributed by atoms with E-state index < -0.39 is 39.9 Å². The van der Waals surface area contributed by atoms with Gasteiger partial charge in [-0.3, -0.25) is 23.8 Å². The van der Waals surface area contributed by atoms with Gasteiger partial charge in [0.1, 0.15) is 27.3 Å². The minimum atomic E-state index is -3.78. The number of amides is 2. The van der Waals surface area contributed by atoms with Crippen molar-refractivity contribution in [1.82, 2.24) is 14.5 Å². The number of ether oxygens (including phenoxy) is 4. The Bertz CT molecular complexity index is 2200. The van der Waals surface area contributed by atoms with Gasteiger partial charge in [-0.25, -0.2) is 4.21 Å². The number of nitrogens with one attached hydrogen (secondary N) is 1. The van der Waals surface area contributed by atoms with Crippen molar-refractivity contribution in [2.75, 3.05) is 44.1 Å². The summed E-state index contributed by atoms with van der Waals surface area (Å²) in [5.74, 6) is -1.52. The number of rotatable bonds is 3. The second-order valence-electron chi connectivity index (χ2n) is 15.9. The van der Waals surface area contributed by atoms with Gasteiger partial charge in [0, 0.05) is 67.2 Å². The van der Waals surface area contributed by atoms with Gasteiger partial charge in [0.2, 0.25) is 5.88 Å². The molecule has 4 heterocycles. The second kappa shape index (κ2) is 15.5. The number of fused-ring (bicyclic) bond motifs is 7. The summed E-state index contributed by atoms with van der Waals surface area (Å²) in [5.41, 5.74) is 3.08. The van der Waals surface area contributed by atoms with E-state index in [0.717, 1.165) is 37.8 Å². The van der Waals surface area contributed by atoms with Crippen LogP contribution >= 0.6 is 11.6 Å². The van der Waals surface area contributed by atoms with Crippen molar-refractivity contribution in [3.63, 3.8) is 0 Å². The Labute approximate surface area is 332 Å². The number of anilines is 1. The molecular formula is C41H48ClN5O8S. The van der Waals surface area contributed by atoms with Gasteiger partial charge in [0.05, 0.1) is 31.3 Å². The molecule has 1 saturated carbocycles. The van der Waals surface area contributed by atoms with E-state index in [4.69, 9.17) is 30.5 Å². The molecule has 56 heavy (non-hydrogen) atoms. The summed E-state index contributed by atoms with van der Waals surface area (Å²) in [4.78, 5) is 43.3. The van der Waals surface area contributed by atoms with Crippen molar-refractivity contribution < 1.29 is 37.5 Å². The largest absolute Gasteiger partial charge is 0.490 e. The Morgan fingerprint density at radius 3 is 2.73 bits per heavy atom. The first-order valence-electron chi connectivity index (χ1n) is 19.4. The number of carbonyl (C=O) groups is 3. The van der Waals surface area contributed by atoms with Crippen LogP contribution in [0.1, 0.15) is 77.3 Å². The Kier molecular flexibility index (Phi) is 10.7. The summed E-state index contributed by atoms with van der Waals surface area (Å²) in [7, 11) is -0.759. The third-order valence-electron chi connectivity index (χ3n) is 12.0. The molecule has 2 aromatic carbocycles. The van der Waals surface area contributed by atoms with Crippen LogP contribution in [0, 0.1) is 17.8 Å². The van der Waals surface area contributed by atoms with Crippen LogP contribution in [0.15, 0.2) is 59.1 Å². The highest BCUT2D eigenvalue weighted by molar-refractivity contribution is 7.92. The van der Waals surface area contributed by atoms with Crippen molar-refractivity contribution in [2.45, 2.75) is 69.5 Å². The smallest absolute Gasteiger partial charge is 0.306 e. The third kappa shape index (κ3) is 7.67. The number of methoxy groups -OCH3 is 1. The van der Waals surface area contributed by atoms with Gasteiger partial charge in [0.25, 0.3) is 11.8 Å². The molecule has 8 rings (SSSR count). The molecule has 2 aliphatic carbocycles. The van der Waals surface area contributed by atoms with E-state index in [0.29, 0.717) is 36.9 Å². The average Bonchev–Trinajstić information content (AvgIpc) is 3.47. The predicted molar refractivity (Wildman–Crippen MR) is 211 cm³/mol. The van der Waals surface area contributed by atoms with Gasteiger partial charge in [-0.1, -0.05) is 30.7 Å². The zero-order valence-electron chi connectivity index (χ0n) is 31.9. The van der Waals surface area contributed by atoms with Crippen LogP contribution in [-0.2, 0) is 43.1 Å². The number of esters is 1. The number of aromatic nitrogens is 2. The van der Waals surface area contributed by atoms with E-state index in [1.54, 1.807) is 25.2 Å². The first-order valence-corrected chi connectivity index (χ1v) is 21.5. The Morgan fingerprint density at radius 1 is 1.09 bits per heavy atom. The number of aryl methyl sites for hydroxylation is 2. The van der Waals surface area contributed by atoms with Crippen molar-refractivity contribution in [3.05, 3.63) is 82.0 Å². The van der Waals surface area contributed by atoms with E-state index in [2.05, 4.69) is 31.2 Å². The molecule has 1 spiro atoms. The van der Waals surface area contributed by atoms with Crippen molar-refractivity contribution >= 4 is 45.0 Å². The number of hydrogen-bond acceptors (Lipinski definition) is 10. The maximum absolute atomic E-state index is 14.9. The Morgan fingerprint density at radius 2 is 1.93 bits per heavy atom. The SMILES string of the molecule is COc1nn(C)cc1C(=O)N[S@@]1(=O)=NC(=O)c2ccc3c(c2)N(C[C@@H]2CC[C@H]2[C@@H]2/C=C/[C@@H](OCCCC(=O)O2)[C@H](C)C1)C[C@@]1(CCCc2cc(Cl)ccc21)CO3. The first-order chi connectivity index (χ1) is 26.9. The van der Waals surface area contributed by atoms with Crippen molar-refractivity contribution in [3.8, 4) is 11.6 Å². The molecule has 7 atom stereocenters. The van der Waals surface area contributed by atoms with Gasteiger partial charge >= 0.3 is 5.97 Å². The molecule has 3 aromatic rings. The first kappa shape index (κ1) is 38.5. The van der Waals surface area contributed by atoms with Crippen LogP contribution in [-0.4, -0.2) is 83.1 Å². The monoisotopic (exact) mass is 805 g/mol. The molecule has 1 aromatic heterocycles. The van der Waals surface area contributed by atoms with Crippen LogP contribution in [0.3, 0.4) is 0 Å². The van der Waals surface area contributed by atoms with Gasteiger partial charge in [-0.05, 0) is 92.0 Å². The lowest BCUT2D eigenvalue weighted by molar-refractivity contribution is -0.152. The highest BCUT2D eigenvalue weighted by Gasteiger charge is 2.45. The number of hydrogen-bond donors (Lipinski definition) is 1. The number of nitrogens with zero attached hydrogens (tertiary/aromatic N) is 4. The van der Waals surface area contributed by atoms with Crippen molar-refractivity contribution in [1.29, 1.82) is 0 Å². The average molecular weight is 806 g/mol. The number of halogens is 1. The molecule has 2 amide bonds. The fraction of sp³-hybridized carbons (Fsp3) is 0.512. The molecule has 0 saturated heterocycles. The molecule has 1 fully saturated rings. The highest BCUT2D eigenvalue weighted by Crippen LogP contribution is 2.47. The molecule has 5 aliphatic rings. The summed E-state index contributed by atoms with van der Waals surface area (Å²) in [5, 5.41) is 4.86. The maximum Gasteiger partial charge on any atom is 0.306 e. The summed E-state index contributed by atoms with van der Waals surface area (Å²) in [6, 6.07) is 11.3. The quantitative estimate of drug-likeness (QED) is 0.253. The van der Waals surface area contributed by atoms with E-state index in [1.807, 2.05) is 25.1 Å². The molecule has 3 aliphatic heterocycles. The molecule has 15 heteroatoms. The molecule has 13 nitrogen and oxygen atoms in total. The van der Waals surface area contributed by atoms with Gasteiger partial charge in [-0.2, -0.15) is 0 Å². The lowest BCUT2D eigenvalue weighted by atomic mass is 9.68. The summed E-state index contributed by atoms with van der Waals surface area (Å²) in [6.07, 6.45) is 9.50. The molecule has 0 radical (unpaired) electrons. The lowest BCUT2D eigenvalue weighted by Gasteiger charge is -2.46. The summed E-state index contributed by atoms with van der Waals surface area (Å²) < 4.78 is 47.7. The van der Waals surface area contributed by atoms with E-state index in [-0.39, 0.29) is 59.0 Å². The van der Waals surface area contributed by atoms with E-state index in [1.165, 1.54) is 29.1 Å². The van der Waals surface area contributed by atoms with Gasteiger partial charge < -0.3 is 23.8 Å². The summed E-state index contributed by atoms with van der Waals surface area (Å²) in [6.45, 7) is 3.82. The molecule has 0 unspecified atom stereocenters. The fourth-order valence-corrected chi connectivity index (χ4v) is 11.1. The number of benzene rings is 2. The molecular weight excluding hydrogens is 758 g/mol. The summed E-state index contributed by atoms with van der Waals surface area (Å²) >= 11 is 6.48. The molecule has 298 valence electrons. The zero-order chi connectivity index (χ0) is 39.2. The standard InChI is InChI=1S/C41H48ClN5O8S/c1-25-22-56(51,45-39(50)31-21-46(2)43-40(31)52-3)44-38(49)27-9-13-36-33(19-27)47(23-41(24-54-36)16-4-6-26-18-29(42)10-12-32(26)41)20-28-8-11-30(28)35-15-14-34(25)53-17-5-7-37(48)55-35/h9-10,12-15,18-19,21,25,28,30,34-35H,4-8,11,16-17,20,22-24H2,1-3H3,(H,44,45,49,50,51)/b15-14+/t25-,28+,30-,34-,35+,41+,56+/m1/s1. The van der Waals surface area contributed by atoms with Gasteiger partial charge in [0.15, 0.2) is 0 Å². The van der Waals surface area contributed by atoms with Gasteiger partial charge in [-0.15, -0.1) is 9.46 Å². The second-order valence-corrected chi connectivity index (χ2v) is 18.3. The van der Waals surface area contributed by atoms with E-state index >= 15 is 0 Å². The molecule has 4 bridgehead atoms. The van der Waals surface area contributed by atoms with Crippen LogP contribution in [0.4, 0.5) is 5.69 Å². The minimum absolute atomic E-state index is 0.0429. The normalized spacial score (nSPS) is 31.0. The Balaban J connectivity index is 1.24. The third-order valence-corrected chi connectivity index (χ3v) is 14.2. The van der Waals surface area contributed by atoms with Crippen LogP contribution < -0.4 is 19.1 Å². The van der Waals surface area contributed by atoms with Crippen molar-refractivity contribution in [2.24, 2.45) is 29.2 Å². The van der Waals surface area contributed by atoms with E-state index in [9.17, 15) is 18.6 Å². The zero-order valence-corrected chi connectivity index (χ0v) is 33.5. The predicted octanol–water partition coefficient (Wildman–Crippen LogP) is 5.83. The minimum Gasteiger partial charge on any atom is -0.490 e. The fourth-order valence-electron chi connectivity index (χ4n) is 9.04. The Hall–Kier alpha value is -4.40. The lowest BCUT2D eigenvalue weighted by Crippen LogP contribution is -2.50. The number of carbonyl (C=O) groups excluding carboxylic acids is 3.